The van der Waals surface area contributed by atoms with Crippen LogP contribution in [0.4, 0.5) is 20.8 Å². The number of hydrogen-bond donors (Lipinski definition) is 3. The Morgan fingerprint density at radius 3 is 2.64 bits per heavy atom. The van der Waals surface area contributed by atoms with Gasteiger partial charge < -0.3 is 16.4 Å². The standard InChI is InChI=1S/C17H20FN5OS/c1-9(2)4-15(17(20)24)21-14-7-13(11(8-19)6-12(14)18)22-16-5-10(3)23-25-16/h5-7,9,15,21-22H,4H2,1-3H3,(H2,20,24). The number of nitriles is 1. The minimum Gasteiger partial charge on any atom is -0.371 e. The lowest BCUT2D eigenvalue weighted by atomic mass is 10.0. The van der Waals surface area contributed by atoms with Crippen molar-refractivity contribution in [1.29, 1.82) is 5.26 Å². The Hall–Kier alpha value is -2.66. The number of aromatic nitrogens is 1. The Morgan fingerprint density at radius 2 is 2.12 bits per heavy atom. The molecule has 0 radical (unpaired) electrons. The molecule has 1 atom stereocenters. The average molecular weight is 361 g/mol. The Bertz CT molecular complexity index is 812. The number of aryl methyl sites for hydroxylation is 1. The molecule has 132 valence electrons. The van der Waals surface area contributed by atoms with Gasteiger partial charge in [-0.1, -0.05) is 13.8 Å². The first-order valence-electron chi connectivity index (χ1n) is 7.80. The van der Waals surface area contributed by atoms with Crippen LogP contribution >= 0.6 is 11.5 Å². The fourth-order valence-corrected chi connectivity index (χ4v) is 3.01. The third-order valence-electron chi connectivity index (χ3n) is 3.49. The van der Waals surface area contributed by atoms with Crippen molar-refractivity contribution in [2.24, 2.45) is 11.7 Å². The molecule has 8 heteroatoms. The van der Waals surface area contributed by atoms with Gasteiger partial charge in [0.25, 0.3) is 0 Å². The van der Waals surface area contributed by atoms with Gasteiger partial charge in [-0.3, -0.25) is 4.79 Å². The number of primary amides is 1. The van der Waals surface area contributed by atoms with Gasteiger partial charge in [-0.05, 0) is 49.0 Å². The van der Waals surface area contributed by atoms with Crippen LogP contribution in [0.15, 0.2) is 18.2 Å². The lowest BCUT2D eigenvalue weighted by molar-refractivity contribution is -0.119. The number of hydrogen-bond acceptors (Lipinski definition) is 6. The number of nitrogens with zero attached hydrogens (tertiary/aromatic N) is 2. The number of amides is 1. The van der Waals surface area contributed by atoms with Crippen molar-refractivity contribution in [3.63, 3.8) is 0 Å². The zero-order chi connectivity index (χ0) is 18.6. The molecule has 0 aliphatic carbocycles. The summed E-state index contributed by atoms with van der Waals surface area (Å²) in [6.45, 7) is 5.76. The first kappa shape index (κ1) is 18.7. The van der Waals surface area contributed by atoms with Crippen LogP contribution in [0.3, 0.4) is 0 Å². The molecule has 6 nitrogen and oxygen atoms in total. The SMILES string of the molecule is Cc1cc(Nc2cc(NC(CC(C)C)C(N)=O)c(F)cc2C#N)sn1. The Labute approximate surface area is 150 Å². The lowest BCUT2D eigenvalue weighted by Crippen LogP contribution is -2.36. The number of halogens is 1. The molecule has 4 N–H and O–H groups in total. The molecular weight excluding hydrogens is 341 g/mol. The minimum absolute atomic E-state index is 0.118. The smallest absolute Gasteiger partial charge is 0.239 e. The van der Waals surface area contributed by atoms with Crippen molar-refractivity contribution in [3.8, 4) is 6.07 Å². The van der Waals surface area contributed by atoms with Crippen molar-refractivity contribution in [3.05, 3.63) is 35.3 Å². The summed E-state index contributed by atoms with van der Waals surface area (Å²) in [6, 6.07) is 5.70. The van der Waals surface area contributed by atoms with Gasteiger partial charge in [-0.15, -0.1) is 0 Å². The predicted octanol–water partition coefficient (Wildman–Crippen LogP) is 3.52. The second kappa shape index (κ2) is 7.94. The van der Waals surface area contributed by atoms with E-state index in [-0.39, 0.29) is 17.2 Å². The Balaban J connectivity index is 2.33. The Morgan fingerprint density at radius 1 is 1.40 bits per heavy atom. The number of benzene rings is 1. The summed E-state index contributed by atoms with van der Waals surface area (Å²) in [6.07, 6.45) is 0.478. The van der Waals surface area contributed by atoms with Gasteiger partial charge in [0.1, 0.15) is 22.9 Å². The molecule has 0 bridgehead atoms. The van der Waals surface area contributed by atoms with Gasteiger partial charge in [0.2, 0.25) is 5.91 Å². The van der Waals surface area contributed by atoms with Crippen LogP contribution in [0.2, 0.25) is 0 Å². The van der Waals surface area contributed by atoms with E-state index >= 15 is 0 Å². The molecule has 1 aromatic carbocycles. The quantitative estimate of drug-likeness (QED) is 0.700. The van der Waals surface area contributed by atoms with Crippen LogP contribution in [0.5, 0.6) is 0 Å². The highest BCUT2D eigenvalue weighted by molar-refractivity contribution is 7.10. The molecule has 0 saturated carbocycles. The summed E-state index contributed by atoms with van der Waals surface area (Å²) in [5, 5.41) is 15.9. The summed E-state index contributed by atoms with van der Waals surface area (Å²) in [4.78, 5) is 11.6. The molecule has 2 aromatic rings. The largest absolute Gasteiger partial charge is 0.371 e. The Kier molecular flexibility index (Phi) is 5.93. The first-order chi connectivity index (χ1) is 11.8. The number of nitrogens with one attached hydrogen (secondary N) is 2. The van der Waals surface area contributed by atoms with E-state index in [1.54, 1.807) is 0 Å². The molecule has 2 rings (SSSR count). The normalized spacial score (nSPS) is 11.8. The zero-order valence-corrected chi connectivity index (χ0v) is 15.1. The van der Waals surface area contributed by atoms with Gasteiger partial charge in [-0.2, -0.15) is 9.64 Å². The van der Waals surface area contributed by atoms with Gasteiger partial charge in [0.05, 0.1) is 22.6 Å². The molecule has 25 heavy (non-hydrogen) atoms. The lowest BCUT2D eigenvalue weighted by Gasteiger charge is -2.20. The molecule has 1 aromatic heterocycles. The van der Waals surface area contributed by atoms with Crippen molar-refractivity contribution < 1.29 is 9.18 Å². The molecule has 1 amide bonds. The van der Waals surface area contributed by atoms with Crippen molar-refractivity contribution in [2.45, 2.75) is 33.2 Å². The highest BCUT2D eigenvalue weighted by atomic mass is 32.1. The first-order valence-corrected chi connectivity index (χ1v) is 8.57. The number of anilines is 3. The molecule has 1 heterocycles. The van der Waals surface area contributed by atoms with E-state index in [9.17, 15) is 14.4 Å². The molecule has 0 fully saturated rings. The molecule has 0 spiro atoms. The van der Waals surface area contributed by atoms with Crippen LogP contribution in [0, 0.1) is 30.0 Å². The summed E-state index contributed by atoms with van der Waals surface area (Å²) in [5.41, 5.74) is 6.96. The minimum atomic E-state index is -0.694. The van der Waals surface area contributed by atoms with Gasteiger partial charge in [0.15, 0.2) is 0 Å². The molecule has 1 unspecified atom stereocenters. The number of nitrogens with two attached hydrogens (primary N) is 1. The second-order valence-corrected chi connectivity index (χ2v) is 6.98. The number of carbonyl (C=O) groups is 1. The molecule has 0 aliphatic rings. The van der Waals surface area contributed by atoms with E-state index in [0.717, 1.165) is 16.8 Å². The molecule has 0 aliphatic heterocycles. The van der Waals surface area contributed by atoms with Crippen LogP contribution in [-0.2, 0) is 4.79 Å². The van der Waals surface area contributed by atoms with Crippen molar-refractivity contribution in [2.75, 3.05) is 10.6 Å². The second-order valence-electron chi connectivity index (χ2n) is 6.18. The maximum absolute atomic E-state index is 14.3. The van der Waals surface area contributed by atoms with E-state index in [2.05, 4.69) is 15.0 Å². The summed E-state index contributed by atoms with van der Waals surface area (Å²) in [5.74, 6) is -0.952. The number of rotatable bonds is 7. The summed E-state index contributed by atoms with van der Waals surface area (Å²) >= 11 is 1.24. The van der Waals surface area contributed by atoms with E-state index < -0.39 is 17.8 Å². The van der Waals surface area contributed by atoms with Gasteiger partial charge >= 0.3 is 0 Å². The third-order valence-corrected chi connectivity index (χ3v) is 4.29. The van der Waals surface area contributed by atoms with E-state index in [1.165, 1.54) is 17.6 Å². The molecular formula is C17H20FN5OS. The number of carbonyl (C=O) groups excluding carboxylic acids is 1. The van der Waals surface area contributed by atoms with E-state index in [1.807, 2.05) is 32.9 Å². The van der Waals surface area contributed by atoms with Crippen LogP contribution in [0.25, 0.3) is 0 Å². The monoisotopic (exact) mass is 361 g/mol. The zero-order valence-electron chi connectivity index (χ0n) is 14.3. The fourth-order valence-electron chi connectivity index (χ4n) is 2.34. The third kappa shape index (κ3) is 4.90. The van der Waals surface area contributed by atoms with Crippen LogP contribution in [0.1, 0.15) is 31.5 Å². The topological polar surface area (TPSA) is 104 Å². The van der Waals surface area contributed by atoms with Gasteiger partial charge in [-0.25, -0.2) is 4.39 Å². The van der Waals surface area contributed by atoms with E-state index in [4.69, 9.17) is 5.73 Å². The fraction of sp³-hybridized carbons (Fsp3) is 0.353. The van der Waals surface area contributed by atoms with Gasteiger partial charge in [0, 0.05) is 0 Å². The van der Waals surface area contributed by atoms with Crippen LogP contribution < -0.4 is 16.4 Å². The average Bonchev–Trinajstić information content (AvgIpc) is 2.94. The van der Waals surface area contributed by atoms with E-state index in [0.29, 0.717) is 12.1 Å². The highest BCUT2D eigenvalue weighted by Crippen LogP contribution is 2.29. The maximum atomic E-state index is 14.3. The molecule has 0 saturated heterocycles. The van der Waals surface area contributed by atoms with Crippen molar-refractivity contribution >= 4 is 33.8 Å². The highest BCUT2D eigenvalue weighted by Gasteiger charge is 2.20. The summed E-state index contributed by atoms with van der Waals surface area (Å²) < 4.78 is 18.5. The van der Waals surface area contributed by atoms with Crippen LogP contribution in [-0.4, -0.2) is 16.3 Å². The summed E-state index contributed by atoms with van der Waals surface area (Å²) in [7, 11) is 0. The maximum Gasteiger partial charge on any atom is 0.239 e. The predicted molar refractivity (Wildman–Crippen MR) is 97.3 cm³/mol. The van der Waals surface area contributed by atoms with Crippen molar-refractivity contribution in [1.82, 2.24) is 4.37 Å².